The molecule has 0 aliphatic carbocycles. The van der Waals surface area contributed by atoms with E-state index in [1.54, 1.807) is 48.2 Å². The predicted octanol–water partition coefficient (Wildman–Crippen LogP) is 2.66. The van der Waals surface area contributed by atoms with Crippen molar-refractivity contribution in [1.29, 1.82) is 0 Å². The third-order valence-electron chi connectivity index (χ3n) is 8.62. The molecule has 0 bridgehead atoms. The maximum absolute atomic E-state index is 9.56. The van der Waals surface area contributed by atoms with Crippen LogP contribution in [0.25, 0.3) is 66.5 Å². The summed E-state index contributed by atoms with van der Waals surface area (Å²) in [6, 6.07) is 13.4. The molecule has 0 atom stereocenters. The molecule has 0 saturated carbocycles. The molecule has 56 heavy (non-hydrogen) atoms. The number of nitrogens with zero attached hydrogens (tertiary/aromatic N) is 13. The molecule has 19 nitrogen and oxygen atoms in total. The summed E-state index contributed by atoms with van der Waals surface area (Å²) >= 11 is 0. The lowest BCUT2D eigenvalue weighted by molar-refractivity contribution is 0.143. The van der Waals surface area contributed by atoms with Crippen LogP contribution >= 0.6 is 0 Å². The van der Waals surface area contributed by atoms with Gasteiger partial charge in [-0.2, -0.15) is 20.4 Å². The smallest absolute Gasteiger partial charge is 0.164 e. The number of anilines is 3. The Bertz CT molecular complexity index is 2940. The molecular formula is C37H37N17O2. The van der Waals surface area contributed by atoms with E-state index >= 15 is 0 Å². The summed E-state index contributed by atoms with van der Waals surface area (Å²) in [6.07, 6.45) is 6.03. The van der Waals surface area contributed by atoms with Crippen LogP contribution in [-0.2, 0) is 27.7 Å². The van der Waals surface area contributed by atoms with Crippen molar-refractivity contribution in [2.45, 2.75) is 26.1 Å². The zero-order chi connectivity index (χ0) is 39.7. The number of aromatic amines is 1. The lowest BCUT2D eigenvalue weighted by Gasteiger charge is -2.05. The molecule has 19 heteroatoms. The van der Waals surface area contributed by atoms with E-state index in [1.165, 1.54) is 19.0 Å². The molecule has 9 N–H and O–H groups in total. The van der Waals surface area contributed by atoms with Crippen molar-refractivity contribution < 1.29 is 10.2 Å². The first-order valence-corrected chi connectivity index (χ1v) is 17.0. The van der Waals surface area contributed by atoms with Crippen molar-refractivity contribution in [3.63, 3.8) is 0 Å². The van der Waals surface area contributed by atoms with Crippen molar-refractivity contribution in [3.8, 4) is 34.4 Å². The van der Waals surface area contributed by atoms with Crippen LogP contribution in [0.15, 0.2) is 67.6 Å². The number of benzene rings is 2. The Balaban J connectivity index is 0.000000129. The first-order valence-electron chi connectivity index (χ1n) is 17.0. The Morgan fingerprint density at radius 3 is 1.79 bits per heavy atom. The fourth-order valence-electron chi connectivity index (χ4n) is 6.07. The van der Waals surface area contributed by atoms with Gasteiger partial charge in [-0.05, 0) is 31.4 Å². The summed E-state index contributed by atoms with van der Waals surface area (Å²) in [5.74, 6) is 6.64. The Hall–Kier alpha value is -7.56. The fraction of sp³-hybridized carbons (Fsp3) is 0.189. The van der Waals surface area contributed by atoms with Crippen LogP contribution in [0.4, 0.5) is 17.5 Å². The minimum Gasteiger partial charge on any atom is -0.392 e. The van der Waals surface area contributed by atoms with Gasteiger partial charge in [0.25, 0.3) is 0 Å². The second kappa shape index (κ2) is 14.7. The number of hydrogen-bond donors (Lipinski definition) is 6. The van der Waals surface area contributed by atoms with Crippen LogP contribution in [0.5, 0.6) is 0 Å². The molecule has 0 aliphatic heterocycles. The largest absolute Gasteiger partial charge is 0.392 e. The Morgan fingerprint density at radius 1 is 0.679 bits per heavy atom. The molecule has 282 valence electrons. The van der Waals surface area contributed by atoms with E-state index in [4.69, 9.17) is 17.2 Å². The molecule has 7 heterocycles. The van der Waals surface area contributed by atoms with Crippen molar-refractivity contribution in [3.05, 3.63) is 78.9 Å². The number of hydrogen-bond acceptors (Lipinski definition) is 15. The lowest BCUT2D eigenvalue weighted by atomic mass is 10.0. The minimum absolute atomic E-state index is 0.0537. The van der Waals surface area contributed by atoms with Gasteiger partial charge >= 0.3 is 0 Å². The topological polar surface area (TPSA) is 278 Å². The van der Waals surface area contributed by atoms with Gasteiger partial charge < -0.3 is 27.4 Å². The first-order chi connectivity index (χ1) is 26.9. The highest BCUT2D eigenvalue weighted by molar-refractivity contribution is 6.05. The van der Waals surface area contributed by atoms with E-state index in [1.807, 2.05) is 49.5 Å². The highest BCUT2D eigenvalue weighted by atomic mass is 16.3. The molecule has 9 aromatic rings. The summed E-state index contributed by atoms with van der Waals surface area (Å²) in [5.41, 5.74) is 24.1. The number of aliphatic hydroxyl groups is 2. The van der Waals surface area contributed by atoms with E-state index in [0.717, 1.165) is 38.7 Å². The van der Waals surface area contributed by atoms with E-state index in [2.05, 4.69) is 67.2 Å². The minimum atomic E-state index is -1.08. The van der Waals surface area contributed by atoms with Gasteiger partial charge in [0.1, 0.15) is 59.1 Å². The van der Waals surface area contributed by atoms with Gasteiger partial charge in [-0.15, -0.1) is 0 Å². The predicted molar refractivity (Wildman–Crippen MR) is 212 cm³/mol. The molecule has 9 rings (SSSR count). The molecule has 0 amide bonds. The molecule has 0 saturated heterocycles. The van der Waals surface area contributed by atoms with Gasteiger partial charge in [0, 0.05) is 37.7 Å². The second-order valence-electron chi connectivity index (χ2n) is 13.1. The molecule has 2 aromatic carbocycles. The van der Waals surface area contributed by atoms with Gasteiger partial charge in [0.2, 0.25) is 0 Å². The quantitative estimate of drug-likeness (QED) is 0.142. The van der Waals surface area contributed by atoms with Gasteiger partial charge in [0.05, 0.1) is 34.5 Å². The van der Waals surface area contributed by atoms with Crippen LogP contribution in [0.3, 0.4) is 0 Å². The van der Waals surface area contributed by atoms with E-state index in [0.29, 0.717) is 56.6 Å². The zero-order valence-electron chi connectivity index (χ0n) is 31.0. The van der Waals surface area contributed by atoms with E-state index in [9.17, 15) is 10.2 Å². The number of nitrogens with one attached hydrogen (secondary N) is 1. The highest BCUT2D eigenvalue weighted by Gasteiger charge is 2.19. The summed E-state index contributed by atoms with van der Waals surface area (Å²) in [7, 11) is 5.40. The number of H-pyrrole nitrogens is 1. The van der Waals surface area contributed by atoms with Gasteiger partial charge in [-0.1, -0.05) is 42.3 Å². The molecular weight excluding hydrogens is 715 g/mol. The third kappa shape index (κ3) is 6.95. The van der Waals surface area contributed by atoms with E-state index in [-0.39, 0.29) is 6.61 Å². The normalized spacial score (nSPS) is 11.3. The number of rotatable bonds is 3. The van der Waals surface area contributed by atoms with Gasteiger partial charge in [-0.3, -0.25) is 5.10 Å². The monoisotopic (exact) mass is 751 g/mol. The number of fused-ring (bicyclic) bond motifs is 4. The standard InChI is InChI=1S/C13H11N7.C13H13N5O.C11H13N5O/c1-20-13-10(12(14)15-6-16-13)11(19-20)7-3-2-4-9-8(7)5-17-18-9;1-18-13-10(12(14)15-7-16-13)11(17-18)9-5-3-2-4-8(9)6-19;1-11(2,17)5-4-7-8-9(12)13-6-14-10(8)16(3)15-7/h2-6H,1H3,(H,17,18)(H2,14,15,16);2-5,7,19H,6H2,1H3,(H2,14,15,16);6,17H,1-3H3,(H2,12,13,14). The summed E-state index contributed by atoms with van der Waals surface area (Å²) in [6.45, 7) is 3.15. The highest BCUT2D eigenvalue weighted by Crippen LogP contribution is 2.34. The van der Waals surface area contributed by atoms with Crippen LogP contribution in [0.2, 0.25) is 0 Å². The number of nitrogen functional groups attached to an aromatic ring is 3. The maximum Gasteiger partial charge on any atom is 0.164 e. The Kier molecular flexibility index (Phi) is 9.65. The molecule has 7 aromatic heterocycles. The van der Waals surface area contributed by atoms with Gasteiger partial charge in [0.15, 0.2) is 16.9 Å². The zero-order valence-corrected chi connectivity index (χ0v) is 31.0. The molecule has 0 unspecified atom stereocenters. The average molecular weight is 752 g/mol. The van der Waals surface area contributed by atoms with Crippen molar-refractivity contribution in [1.82, 2.24) is 69.4 Å². The second-order valence-corrected chi connectivity index (χ2v) is 13.1. The third-order valence-corrected chi connectivity index (χ3v) is 8.62. The summed E-state index contributed by atoms with van der Waals surface area (Å²) < 4.78 is 4.96. The Morgan fingerprint density at radius 2 is 1.20 bits per heavy atom. The summed E-state index contributed by atoms with van der Waals surface area (Å²) in [5, 5.41) is 42.3. The number of aromatic nitrogens is 14. The van der Waals surface area contributed by atoms with Crippen LogP contribution in [0.1, 0.15) is 25.1 Å². The molecule has 0 aliphatic rings. The number of aliphatic hydroxyl groups excluding tert-OH is 1. The lowest BCUT2D eigenvalue weighted by Crippen LogP contribution is -2.14. The summed E-state index contributed by atoms with van der Waals surface area (Å²) in [4.78, 5) is 24.5. The number of nitrogens with two attached hydrogens (primary N) is 3. The first kappa shape index (κ1) is 36.8. The maximum atomic E-state index is 9.56. The van der Waals surface area contributed by atoms with Crippen molar-refractivity contribution in [2.75, 3.05) is 17.2 Å². The molecule has 0 radical (unpaired) electrons. The van der Waals surface area contributed by atoms with E-state index < -0.39 is 5.60 Å². The average Bonchev–Trinajstić information content (AvgIpc) is 3.96. The SMILES string of the molecule is Cn1nc(-c2cccc3[nH]ncc23)c2c(N)ncnc21.Cn1nc(-c2ccccc2CO)c2c(N)ncnc21.Cn1nc(C#CC(C)(C)O)c2c(N)ncnc21. The van der Waals surface area contributed by atoms with Crippen LogP contribution in [-0.4, -0.2) is 85.3 Å². The molecule has 0 fully saturated rings. The fourth-order valence-corrected chi connectivity index (χ4v) is 6.07. The van der Waals surface area contributed by atoms with Crippen LogP contribution < -0.4 is 17.2 Å². The van der Waals surface area contributed by atoms with Gasteiger partial charge in [-0.25, -0.2) is 43.9 Å². The van der Waals surface area contributed by atoms with Crippen molar-refractivity contribution >= 4 is 61.5 Å². The van der Waals surface area contributed by atoms with Crippen molar-refractivity contribution in [2.24, 2.45) is 21.1 Å². The Labute approximate surface area is 318 Å². The van der Waals surface area contributed by atoms with Crippen LogP contribution in [0, 0.1) is 11.8 Å². The molecule has 0 spiro atoms. The number of aryl methyl sites for hydroxylation is 3.